The molecule has 1 amide bonds. The van der Waals surface area contributed by atoms with Gasteiger partial charge in [0.05, 0.1) is 24.2 Å². The third-order valence-corrected chi connectivity index (χ3v) is 4.18. The van der Waals surface area contributed by atoms with E-state index in [2.05, 4.69) is 15.1 Å². The van der Waals surface area contributed by atoms with Gasteiger partial charge in [0.1, 0.15) is 0 Å². The Balaban J connectivity index is 1.72. The number of carbonyl (C=O) groups is 1. The van der Waals surface area contributed by atoms with Crippen LogP contribution in [0.15, 0.2) is 67.0 Å². The number of rotatable bonds is 6. The maximum absolute atomic E-state index is 12.5. The van der Waals surface area contributed by atoms with Gasteiger partial charge >= 0.3 is 0 Å². The lowest BCUT2D eigenvalue weighted by molar-refractivity contribution is 0.102. The predicted molar refractivity (Wildman–Crippen MR) is 101 cm³/mol. The van der Waals surface area contributed by atoms with Gasteiger partial charge in [0.2, 0.25) is 10.0 Å². The Bertz CT molecular complexity index is 997. The van der Waals surface area contributed by atoms with Crippen LogP contribution in [0.5, 0.6) is 0 Å². The van der Waals surface area contributed by atoms with E-state index in [9.17, 15) is 13.2 Å². The Morgan fingerprint density at radius 3 is 2.35 bits per heavy atom. The van der Waals surface area contributed by atoms with Gasteiger partial charge in [0, 0.05) is 18.0 Å². The quantitative estimate of drug-likeness (QED) is 0.697. The summed E-state index contributed by atoms with van der Waals surface area (Å²) in [7, 11) is -3.44. The standard InChI is InChI=1S/C18H18N4O3S/c1-26(24,25)21-17-6-3-2-5-16(17)20-18(23)15-9-7-14(8-10-15)13-22-12-4-11-19-22/h2-12,21H,13H2,1H3,(H,20,23). The SMILES string of the molecule is CS(=O)(=O)Nc1ccccc1NC(=O)c1ccc(Cn2cccn2)cc1. The molecule has 134 valence electrons. The second-order valence-electron chi connectivity index (χ2n) is 5.77. The van der Waals surface area contributed by atoms with Crippen LogP contribution in [0.25, 0.3) is 0 Å². The molecule has 0 saturated carbocycles. The number of amides is 1. The highest BCUT2D eigenvalue weighted by Gasteiger charge is 2.11. The molecule has 0 aliphatic heterocycles. The van der Waals surface area contributed by atoms with Crippen LogP contribution in [0.4, 0.5) is 11.4 Å². The summed E-state index contributed by atoms with van der Waals surface area (Å²) in [6, 6.07) is 15.6. The minimum atomic E-state index is -3.44. The van der Waals surface area contributed by atoms with Crippen molar-refractivity contribution >= 4 is 27.3 Å². The first kappa shape index (κ1) is 17.7. The normalized spacial score (nSPS) is 11.1. The number of aromatic nitrogens is 2. The average molecular weight is 370 g/mol. The molecule has 0 saturated heterocycles. The molecule has 2 N–H and O–H groups in total. The summed E-state index contributed by atoms with van der Waals surface area (Å²) in [5.74, 6) is -0.321. The van der Waals surface area contributed by atoms with E-state index in [1.165, 1.54) is 0 Å². The van der Waals surface area contributed by atoms with E-state index in [1.807, 2.05) is 24.4 Å². The molecule has 0 aliphatic carbocycles. The van der Waals surface area contributed by atoms with Gasteiger partial charge in [-0.1, -0.05) is 24.3 Å². The largest absolute Gasteiger partial charge is 0.320 e. The number of nitrogens with zero attached hydrogens (tertiary/aromatic N) is 2. The Labute approximate surface area is 151 Å². The van der Waals surface area contributed by atoms with Crippen LogP contribution in [0.3, 0.4) is 0 Å². The first-order chi connectivity index (χ1) is 12.4. The van der Waals surface area contributed by atoms with E-state index in [-0.39, 0.29) is 5.91 Å². The van der Waals surface area contributed by atoms with Crippen LogP contribution in [-0.2, 0) is 16.6 Å². The van der Waals surface area contributed by atoms with Gasteiger partial charge in [0.15, 0.2) is 0 Å². The Morgan fingerprint density at radius 2 is 1.73 bits per heavy atom. The van der Waals surface area contributed by atoms with Crippen LogP contribution >= 0.6 is 0 Å². The van der Waals surface area contributed by atoms with Gasteiger partial charge < -0.3 is 5.32 Å². The van der Waals surface area contributed by atoms with Crippen LogP contribution in [0, 0.1) is 0 Å². The lowest BCUT2D eigenvalue weighted by Gasteiger charge is -2.12. The molecule has 1 aromatic heterocycles. The molecule has 0 unspecified atom stereocenters. The first-order valence-electron chi connectivity index (χ1n) is 7.85. The van der Waals surface area contributed by atoms with Crippen LogP contribution in [0.2, 0.25) is 0 Å². The minimum absolute atomic E-state index is 0.318. The van der Waals surface area contributed by atoms with Crippen molar-refractivity contribution in [3.63, 3.8) is 0 Å². The van der Waals surface area contributed by atoms with Crippen molar-refractivity contribution in [3.05, 3.63) is 78.1 Å². The van der Waals surface area contributed by atoms with E-state index in [1.54, 1.807) is 47.3 Å². The molecule has 0 atom stereocenters. The molecule has 3 aromatic rings. The fraction of sp³-hybridized carbons (Fsp3) is 0.111. The fourth-order valence-electron chi connectivity index (χ4n) is 2.42. The summed E-state index contributed by atoms with van der Waals surface area (Å²) in [5, 5.41) is 6.88. The number of nitrogens with one attached hydrogen (secondary N) is 2. The third kappa shape index (κ3) is 4.70. The zero-order chi connectivity index (χ0) is 18.6. The molecule has 8 heteroatoms. The van der Waals surface area contributed by atoms with Crippen molar-refractivity contribution < 1.29 is 13.2 Å². The van der Waals surface area contributed by atoms with Crippen molar-refractivity contribution in [1.29, 1.82) is 0 Å². The highest BCUT2D eigenvalue weighted by atomic mass is 32.2. The number of para-hydroxylation sites is 2. The summed E-state index contributed by atoms with van der Waals surface area (Å²) in [4.78, 5) is 12.5. The van der Waals surface area contributed by atoms with Crippen molar-refractivity contribution in [1.82, 2.24) is 9.78 Å². The van der Waals surface area contributed by atoms with Crippen molar-refractivity contribution in [2.24, 2.45) is 0 Å². The molecular formula is C18H18N4O3S. The predicted octanol–water partition coefficient (Wildman–Crippen LogP) is 2.56. The second-order valence-corrected chi connectivity index (χ2v) is 7.52. The molecule has 26 heavy (non-hydrogen) atoms. The molecule has 0 bridgehead atoms. The van der Waals surface area contributed by atoms with E-state index in [0.717, 1.165) is 11.8 Å². The van der Waals surface area contributed by atoms with Crippen LogP contribution < -0.4 is 10.0 Å². The average Bonchev–Trinajstić information content (AvgIpc) is 3.09. The first-order valence-corrected chi connectivity index (χ1v) is 9.74. The number of carbonyl (C=O) groups excluding carboxylic acids is 1. The molecule has 2 aromatic carbocycles. The summed E-state index contributed by atoms with van der Waals surface area (Å²) >= 11 is 0. The zero-order valence-electron chi connectivity index (χ0n) is 14.1. The van der Waals surface area contributed by atoms with Gasteiger partial charge in [-0.2, -0.15) is 5.10 Å². The number of anilines is 2. The van der Waals surface area contributed by atoms with E-state index >= 15 is 0 Å². The molecule has 0 fully saturated rings. The fourth-order valence-corrected chi connectivity index (χ4v) is 3.00. The zero-order valence-corrected chi connectivity index (χ0v) is 14.9. The smallest absolute Gasteiger partial charge is 0.255 e. The van der Waals surface area contributed by atoms with Crippen molar-refractivity contribution in [2.75, 3.05) is 16.3 Å². The van der Waals surface area contributed by atoms with E-state index < -0.39 is 10.0 Å². The Kier molecular flexibility index (Phi) is 5.04. The third-order valence-electron chi connectivity index (χ3n) is 3.59. The highest BCUT2D eigenvalue weighted by Crippen LogP contribution is 2.22. The summed E-state index contributed by atoms with van der Waals surface area (Å²) in [6.45, 7) is 0.621. The van der Waals surface area contributed by atoms with Gasteiger partial charge in [-0.25, -0.2) is 8.42 Å². The van der Waals surface area contributed by atoms with E-state index in [4.69, 9.17) is 0 Å². The van der Waals surface area contributed by atoms with Crippen LogP contribution in [-0.4, -0.2) is 30.4 Å². The van der Waals surface area contributed by atoms with Crippen molar-refractivity contribution in [2.45, 2.75) is 6.54 Å². The summed E-state index contributed by atoms with van der Waals surface area (Å²) < 4.78 is 27.1. The molecular weight excluding hydrogens is 352 g/mol. The topological polar surface area (TPSA) is 93.1 Å². The summed E-state index contributed by atoms with van der Waals surface area (Å²) in [5.41, 5.74) is 2.20. The molecule has 0 spiro atoms. The van der Waals surface area contributed by atoms with Gasteiger partial charge in [-0.15, -0.1) is 0 Å². The number of hydrogen-bond acceptors (Lipinski definition) is 4. The van der Waals surface area contributed by atoms with Gasteiger partial charge in [0.25, 0.3) is 5.91 Å². The monoisotopic (exact) mass is 370 g/mol. The van der Waals surface area contributed by atoms with Gasteiger partial charge in [-0.05, 0) is 35.9 Å². The Hall–Kier alpha value is -3.13. The molecule has 0 radical (unpaired) electrons. The number of sulfonamides is 1. The van der Waals surface area contributed by atoms with Gasteiger partial charge in [-0.3, -0.25) is 14.2 Å². The minimum Gasteiger partial charge on any atom is -0.320 e. The number of benzene rings is 2. The summed E-state index contributed by atoms with van der Waals surface area (Å²) in [6.07, 6.45) is 4.64. The number of hydrogen-bond donors (Lipinski definition) is 2. The Morgan fingerprint density at radius 1 is 1.04 bits per heavy atom. The maximum Gasteiger partial charge on any atom is 0.255 e. The molecule has 3 rings (SSSR count). The second kappa shape index (κ2) is 7.40. The lowest BCUT2D eigenvalue weighted by Crippen LogP contribution is -2.16. The van der Waals surface area contributed by atoms with Crippen LogP contribution in [0.1, 0.15) is 15.9 Å². The van der Waals surface area contributed by atoms with Crippen molar-refractivity contribution in [3.8, 4) is 0 Å². The maximum atomic E-state index is 12.5. The lowest BCUT2D eigenvalue weighted by atomic mass is 10.1. The molecule has 1 heterocycles. The highest BCUT2D eigenvalue weighted by molar-refractivity contribution is 7.92. The van der Waals surface area contributed by atoms with E-state index in [0.29, 0.717) is 23.5 Å². The molecule has 0 aliphatic rings. The molecule has 7 nitrogen and oxygen atoms in total.